The Bertz CT molecular complexity index is 739. The van der Waals surface area contributed by atoms with E-state index in [0.717, 1.165) is 24.3 Å². The van der Waals surface area contributed by atoms with E-state index in [1.54, 1.807) is 27.7 Å². The highest BCUT2D eigenvalue weighted by atomic mass is 16.4. The Balaban J connectivity index is 3.20. The van der Waals surface area contributed by atoms with Crippen molar-refractivity contribution < 1.29 is 29.4 Å². The summed E-state index contributed by atoms with van der Waals surface area (Å²) in [4.78, 5) is 44.7. The number of hydrogen-bond acceptors (Lipinski definition) is 4. The molecule has 138 valence electrons. The van der Waals surface area contributed by atoms with Gasteiger partial charge >= 0.3 is 11.9 Å². The maximum atomic E-state index is 11.9. The van der Waals surface area contributed by atoms with Crippen LogP contribution in [0.3, 0.4) is 0 Å². The van der Waals surface area contributed by atoms with Crippen LogP contribution in [0.2, 0.25) is 0 Å². The van der Waals surface area contributed by atoms with Gasteiger partial charge in [-0.1, -0.05) is 0 Å². The molecule has 0 bridgehead atoms. The molecule has 0 fully saturated rings. The molecule has 1 aromatic rings. The first kappa shape index (κ1) is 20.6. The van der Waals surface area contributed by atoms with Crippen LogP contribution in [0.1, 0.15) is 22.3 Å². The lowest BCUT2D eigenvalue weighted by Crippen LogP contribution is -2.16. The molecule has 0 aromatic heterocycles. The molecule has 1 rings (SSSR count). The second kappa shape index (κ2) is 8.61. The normalized spacial score (nSPS) is 10.9. The minimum Gasteiger partial charge on any atom is -0.478 e. The fraction of sp³-hybridized carbons (Fsp3) is 0.222. The summed E-state index contributed by atoms with van der Waals surface area (Å²) in [5, 5.41) is 22.4. The molecule has 0 aliphatic rings. The molecule has 0 saturated heterocycles. The van der Waals surface area contributed by atoms with E-state index >= 15 is 0 Å². The third kappa shape index (κ3) is 5.30. The number of carbonyl (C=O) groups is 4. The molecule has 8 heteroatoms. The molecular weight excluding hydrogens is 340 g/mol. The standard InChI is InChI=1S/C18H20N2O6/c1-9-10(2)18(20-14(22)6-8-16(25)26)12(4)11(3)17(9)19-13(21)5-7-15(23)24/h5-8H,1-4H3,(H,19,21)(H,20,22)(H,23,24)(H,25,26). The number of carboxylic acids is 2. The predicted octanol–water partition coefficient (Wildman–Crippen LogP) is 2.08. The van der Waals surface area contributed by atoms with Gasteiger partial charge in [-0.2, -0.15) is 0 Å². The van der Waals surface area contributed by atoms with Crippen LogP contribution in [0, 0.1) is 27.7 Å². The van der Waals surface area contributed by atoms with Gasteiger partial charge in [0.25, 0.3) is 0 Å². The number of benzene rings is 1. The highest BCUT2D eigenvalue weighted by molar-refractivity contribution is 6.05. The van der Waals surface area contributed by atoms with Crippen molar-refractivity contribution in [2.24, 2.45) is 0 Å². The van der Waals surface area contributed by atoms with Gasteiger partial charge in [0.1, 0.15) is 0 Å². The van der Waals surface area contributed by atoms with E-state index in [2.05, 4.69) is 10.6 Å². The molecule has 8 nitrogen and oxygen atoms in total. The van der Waals surface area contributed by atoms with Gasteiger partial charge in [0, 0.05) is 35.7 Å². The number of amides is 2. The number of carboxylic acid groups (broad SMARTS) is 2. The minimum atomic E-state index is -1.23. The van der Waals surface area contributed by atoms with Gasteiger partial charge in [-0.15, -0.1) is 0 Å². The zero-order valence-electron chi connectivity index (χ0n) is 14.8. The van der Waals surface area contributed by atoms with E-state index in [0.29, 0.717) is 33.6 Å². The molecule has 0 atom stereocenters. The summed E-state index contributed by atoms with van der Waals surface area (Å²) in [7, 11) is 0. The first-order valence-electron chi connectivity index (χ1n) is 7.59. The van der Waals surface area contributed by atoms with E-state index in [4.69, 9.17) is 10.2 Å². The van der Waals surface area contributed by atoms with Crippen molar-refractivity contribution in [3.05, 3.63) is 46.6 Å². The number of nitrogens with one attached hydrogen (secondary N) is 2. The van der Waals surface area contributed by atoms with Gasteiger partial charge in [-0.3, -0.25) is 9.59 Å². The maximum absolute atomic E-state index is 11.9. The number of aliphatic carboxylic acids is 2. The molecule has 1 aromatic carbocycles. The second-order valence-corrected chi connectivity index (χ2v) is 5.57. The molecule has 0 radical (unpaired) electrons. The lowest BCUT2D eigenvalue weighted by atomic mass is 9.95. The molecule has 2 amide bonds. The van der Waals surface area contributed by atoms with Crippen LogP contribution >= 0.6 is 0 Å². The SMILES string of the molecule is Cc1c(C)c(NC(=O)C=CC(=O)O)c(C)c(C)c1NC(=O)C=CC(=O)O. The van der Waals surface area contributed by atoms with E-state index in [9.17, 15) is 19.2 Å². The summed E-state index contributed by atoms with van der Waals surface area (Å²) in [6.45, 7) is 7.00. The van der Waals surface area contributed by atoms with Crippen molar-refractivity contribution >= 4 is 35.1 Å². The molecule has 0 aliphatic carbocycles. The Morgan fingerprint density at radius 2 is 0.885 bits per heavy atom. The third-order valence-corrected chi connectivity index (χ3v) is 3.88. The van der Waals surface area contributed by atoms with Crippen molar-refractivity contribution in [3.8, 4) is 0 Å². The van der Waals surface area contributed by atoms with Crippen LogP contribution < -0.4 is 10.6 Å². The van der Waals surface area contributed by atoms with Crippen LogP contribution in [0.4, 0.5) is 11.4 Å². The number of rotatable bonds is 6. The molecule has 0 unspecified atom stereocenters. The molecule has 0 spiro atoms. The summed E-state index contributed by atoms with van der Waals surface area (Å²) in [5.41, 5.74) is 3.84. The van der Waals surface area contributed by atoms with Crippen molar-refractivity contribution in [3.63, 3.8) is 0 Å². The molecular formula is C18H20N2O6. The lowest BCUT2D eigenvalue weighted by Gasteiger charge is -2.20. The van der Waals surface area contributed by atoms with E-state index in [1.807, 2.05) is 0 Å². The molecule has 4 N–H and O–H groups in total. The van der Waals surface area contributed by atoms with Gasteiger partial charge in [0.05, 0.1) is 0 Å². The van der Waals surface area contributed by atoms with Gasteiger partial charge in [-0.05, 0) is 49.9 Å². The third-order valence-electron chi connectivity index (χ3n) is 3.88. The number of hydrogen-bond donors (Lipinski definition) is 4. The van der Waals surface area contributed by atoms with Gasteiger partial charge in [0.2, 0.25) is 11.8 Å². The smallest absolute Gasteiger partial charge is 0.328 e. The Hall–Kier alpha value is -3.42. The highest BCUT2D eigenvalue weighted by Gasteiger charge is 2.17. The number of carbonyl (C=O) groups excluding carboxylic acids is 2. The average molecular weight is 360 g/mol. The van der Waals surface area contributed by atoms with Crippen LogP contribution in [0.15, 0.2) is 24.3 Å². The van der Waals surface area contributed by atoms with E-state index in [-0.39, 0.29) is 0 Å². The summed E-state index contributed by atoms with van der Waals surface area (Å²) in [5.74, 6) is -3.63. The Labute approximate surface area is 150 Å². The molecule has 0 aliphatic heterocycles. The van der Waals surface area contributed by atoms with Crippen LogP contribution in [-0.2, 0) is 19.2 Å². The van der Waals surface area contributed by atoms with Crippen molar-refractivity contribution in [1.29, 1.82) is 0 Å². The Kier molecular flexibility index (Phi) is 6.83. The lowest BCUT2D eigenvalue weighted by molar-refractivity contribution is -0.132. The predicted molar refractivity (Wildman–Crippen MR) is 96.2 cm³/mol. The van der Waals surface area contributed by atoms with Gasteiger partial charge in [-0.25, -0.2) is 9.59 Å². The van der Waals surface area contributed by atoms with Crippen LogP contribution in [-0.4, -0.2) is 34.0 Å². The topological polar surface area (TPSA) is 133 Å². The molecule has 0 heterocycles. The van der Waals surface area contributed by atoms with Gasteiger partial charge in [0.15, 0.2) is 0 Å². The number of anilines is 2. The zero-order valence-corrected chi connectivity index (χ0v) is 14.8. The van der Waals surface area contributed by atoms with Crippen molar-refractivity contribution in [2.75, 3.05) is 10.6 Å². The molecule has 26 heavy (non-hydrogen) atoms. The first-order valence-corrected chi connectivity index (χ1v) is 7.59. The molecule has 0 saturated carbocycles. The minimum absolute atomic E-state index is 0.527. The Morgan fingerprint density at radius 1 is 0.615 bits per heavy atom. The van der Waals surface area contributed by atoms with Crippen LogP contribution in [0.25, 0.3) is 0 Å². The monoisotopic (exact) mass is 360 g/mol. The fourth-order valence-electron chi connectivity index (χ4n) is 2.31. The van der Waals surface area contributed by atoms with Gasteiger partial charge < -0.3 is 20.8 Å². The van der Waals surface area contributed by atoms with E-state index < -0.39 is 23.8 Å². The van der Waals surface area contributed by atoms with Crippen molar-refractivity contribution in [1.82, 2.24) is 0 Å². The summed E-state index contributed by atoms with van der Waals surface area (Å²) >= 11 is 0. The second-order valence-electron chi connectivity index (χ2n) is 5.57. The first-order chi connectivity index (χ1) is 12.0. The summed E-state index contributed by atoms with van der Waals surface area (Å²) in [6, 6.07) is 0. The summed E-state index contributed by atoms with van der Waals surface area (Å²) in [6.07, 6.45) is 3.31. The largest absolute Gasteiger partial charge is 0.478 e. The quantitative estimate of drug-likeness (QED) is 0.574. The summed E-state index contributed by atoms with van der Waals surface area (Å²) < 4.78 is 0. The van der Waals surface area contributed by atoms with E-state index in [1.165, 1.54) is 0 Å². The van der Waals surface area contributed by atoms with Crippen molar-refractivity contribution in [2.45, 2.75) is 27.7 Å². The zero-order chi connectivity index (χ0) is 20.0. The highest BCUT2D eigenvalue weighted by Crippen LogP contribution is 2.34. The van der Waals surface area contributed by atoms with Crippen LogP contribution in [0.5, 0.6) is 0 Å². The Morgan fingerprint density at radius 3 is 1.12 bits per heavy atom. The average Bonchev–Trinajstić information content (AvgIpc) is 2.57. The fourth-order valence-corrected chi connectivity index (χ4v) is 2.31. The maximum Gasteiger partial charge on any atom is 0.328 e.